The van der Waals surface area contributed by atoms with E-state index in [2.05, 4.69) is 121 Å². The highest BCUT2D eigenvalue weighted by Crippen LogP contribution is 2.46. The zero-order valence-electron chi connectivity index (χ0n) is 22.2. The Morgan fingerprint density at radius 1 is 0.439 bits per heavy atom. The van der Waals surface area contributed by atoms with Gasteiger partial charge in [-0.1, -0.05) is 127 Å². The summed E-state index contributed by atoms with van der Waals surface area (Å²) in [4.78, 5) is 1.26. The third-order valence-electron chi connectivity index (χ3n) is 7.96. The molecule has 193 valence electrons. The number of hydrogen-bond acceptors (Lipinski definition) is 1. The molecule has 0 amide bonds. The second-order valence-corrected chi connectivity index (χ2v) is 11.2. The van der Waals surface area contributed by atoms with Gasteiger partial charge in [-0.2, -0.15) is 0 Å². The number of hydrogen-bond donors (Lipinski definition) is 1. The number of rotatable bonds is 0. The molecule has 8 aromatic rings. The van der Waals surface area contributed by atoms with Crippen LogP contribution in [0.15, 0.2) is 144 Å². The van der Waals surface area contributed by atoms with Crippen LogP contribution in [-0.4, -0.2) is 5.55 Å². The van der Waals surface area contributed by atoms with Crippen molar-refractivity contribution >= 4 is 60.0 Å². The standard InChI is InChI=1S/C16H9.C16H10.C7H6OS/c1-3-11-7-9-13-5-2-6-14-10-8-12(4-1)15(11)16(13)14;1-2-8-13-12(7-1)14-9-3-5-11-6-4-10-15(13)16(11)14;1-2-4-7-6(3-1)8-5-9-7/h1-5,7-10H;1-10H;1-5,9H. The highest BCUT2D eigenvalue weighted by atomic mass is 32.1. The molecule has 0 bridgehead atoms. The van der Waals surface area contributed by atoms with Crippen LogP contribution in [0, 0.1) is 6.07 Å². The van der Waals surface area contributed by atoms with Crippen molar-refractivity contribution in [2.45, 2.75) is 4.90 Å². The van der Waals surface area contributed by atoms with Gasteiger partial charge in [-0.15, -0.1) is 11.4 Å². The van der Waals surface area contributed by atoms with Crippen LogP contribution in [0.3, 0.4) is 0 Å². The maximum Gasteiger partial charge on any atom is 0.140 e. The Hall–Kier alpha value is -4.92. The highest BCUT2D eigenvalue weighted by Gasteiger charge is 2.19. The molecule has 2 heteroatoms. The lowest BCUT2D eigenvalue weighted by Crippen LogP contribution is -1.82. The molecule has 8 aromatic carbocycles. The molecule has 1 heterocycles. The van der Waals surface area contributed by atoms with Gasteiger partial charge in [0.05, 0.1) is 0 Å². The van der Waals surface area contributed by atoms with Gasteiger partial charge in [0.25, 0.3) is 0 Å². The van der Waals surface area contributed by atoms with E-state index in [1.807, 2.05) is 24.3 Å². The molecule has 0 unspecified atom stereocenters. The molecule has 2 aliphatic rings. The number of ether oxygens (including phenoxy) is 1. The van der Waals surface area contributed by atoms with Crippen molar-refractivity contribution < 1.29 is 4.74 Å². The van der Waals surface area contributed by atoms with Gasteiger partial charge in [0.15, 0.2) is 0 Å². The van der Waals surface area contributed by atoms with Crippen LogP contribution >= 0.6 is 11.4 Å². The SMILES string of the molecule is C1=[SH]c2ccccc2O1.[c]1ccc2ccc3cccc4ccc1c2c43.c1ccc2c(c1)-c1cccc3cccc-2c13. The Kier molecular flexibility index (Phi) is 5.79. The van der Waals surface area contributed by atoms with Gasteiger partial charge in [-0.25, -0.2) is 0 Å². The van der Waals surface area contributed by atoms with Crippen LogP contribution in [0.1, 0.15) is 0 Å². The number of fused-ring (bicyclic) bond motifs is 4. The van der Waals surface area contributed by atoms with E-state index >= 15 is 0 Å². The first-order valence-corrected chi connectivity index (χ1v) is 14.8. The highest BCUT2D eigenvalue weighted by molar-refractivity contribution is 7.97. The van der Waals surface area contributed by atoms with E-state index < -0.39 is 0 Å². The first kappa shape index (κ1) is 23.9. The fraction of sp³-hybridized carbons (Fsp3) is 0. The topological polar surface area (TPSA) is 9.23 Å². The molecular formula is C39H25OS. The van der Waals surface area contributed by atoms with Crippen molar-refractivity contribution in [3.8, 4) is 28.0 Å². The number of benzene rings is 8. The molecule has 0 aromatic heterocycles. The Morgan fingerprint density at radius 3 is 1.71 bits per heavy atom. The lowest BCUT2D eigenvalue weighted by molar-refractivity contribution is 0.578. The van der Waals surface area contributed by atoms with Gasteiger partial charge < -0.3 is 4.74 Å². The number of para-hydroxylation sites is 1. The van der Waals surface area contributed by atoms with Crippen molar-refractivity contribution in [1.82, 2.24) is 0 Å². The average Bonchev–Trinajstić information content (AvgIpc) is 3.65. The van der Waals surface area contributed by atoms with Crippen molar-refractivity contribution in [1.29, 1.82) is 0 Å². The molecule has 1 nitrogen and oxygen atoms in total. The summed E-state index contributed by atoms with van der Waals surface area (Å²) in [5.74, 6) is 0.999. The van der Waals surface area contributed by atoms with Crippen molar-refractivity contribution in [3.05, 3.63) is 146 Å². The first-order chi connectivity index (χ1) is 20.3. The fourth-order valence-corrected chi connectivity index (χ4v) is 6.84. The summed E-state index contributed by atoms with van der Waals surface area (Å²) >= 11 is 1.18. The predicted octanol–water partition coefficient (Wildman–Crippen LogP) is 10.5. The second-order valence-electron chi connectivity index (χ2n) is 10.3. The summed E-state index contributed by atoms with van der Waals surface area (Å²) in [6, 6.07) is 52.4. The lowest BCUT2D eigenvalue weighted by atomic mass is 9.95. The van der Waals surface area contributed by atoms with Crippen molar-refractivity contribution in [3.63, 3.8) is 0 Å². The molecule has 0 fully saturated rings. The molecule has 0 saturated heterocycles. The maximum absolute atomic E-state index is 5.16. The monoisotopic (exact) mass is 541 g/mol. The van der Waals surface area contributed by atoms with E-state index in [1.165, 1.54) is 81.6 Å². The van der Waals surface area contributed by atoms with Crippen LogP contribution in [0.4, 0.5) is 0 Å². The fourth-order valence-electron chi connectivity index (χ4n) is 6.14. The summed E-state index contributed by atoms with van der Waals surface area (Å²) in [5.41, 5.74) is 7.29. The average molecular weight is 542 g/mol. The van der Waals surface area contributed by atoms with Crippen LogP contribution in [0.5, 0.6) is 5.75 Å². The minimum atomic E-state index is 0.999. The molecule has 0 saturated carbocycles. The van der Waals surface area contributed by atoms with E-state index in [0.29, 0.717) is 0 Å². The van der Waals surface area contributed by atoms with E-state index in [0.717, 1.165) is 5.75 Å². The van der Waals surface area contributed by atoms with Gasteiger partial charge in [0.2, 0.25) is 0 Å². The summed E-state index contributed by atoms with van der Waals surface area (Å²) in [5, 5.41) is 10.6. The molecule has 0 atom stereocenters. The van der Waals surface area contributed by atoms with Crippen LogP contribution < -0.4 is 4.74 Å². The van der Waals surface area contributed by atoms with Crippen molar-refractivity contribution in [2.24, 2.45) is 0 Å². The van der Waals surface area contributed by atoms with Crippen LogP contribution in [0.25, 0.3) is 65.3 Å². The molecule has 1 aliphatic heterocycles. The Morgan fingerprint density at radius 2 is 1.00 bits per heavy atom. The molecule has 1 radical (unpaired) electrons. The van der Waals surface area contributed by atoms with E-state index in [1.54, 1.807) is 5.55 Å². The summed E-state index contributed by atoms with van der Waals surface area (Å²) < 4.78 is 5.16. The summed E-state index contributed by atoms with van der Waals surface area (Å²) in [7, 11) is 0. The minimum Gasteiger partial charge on any atom is -0.458 e. The van der Waals surface area contributed by atoms with Gasteiger partial charge in [0, 0.05) is 4.90 Å². The Bertz CT molecular complexity index is 2060. The summed E-state index contributed by atoms with van der Waals surface area (Å²) in [6.45, 7) is 0. The zero-order chi connectivity index (χ0) is 27.2. The van der Waals surface area contributed by atoms with Crippen LogP contribution in [-0.2, 0) is 0 Å². The van der Waals surface area contributed by atoms with Gasteiger partial charge in [-0.05, 0) is 83.5 Å². The quantitative estimate of drug-likeness (QED) is 0.114. The molecular weight excluding hydrogens is 516 g/mol. The van der Waals surface area contributed by atoms with E-state index in [-0.39, 0.29) is 0 Å². The van der Waals surface area contributed by atoms with E-state index in [9.17, 15) is 0 Å². The predicted molar refractivity (Wildman–Crippen MR) is 178 cm³/mol. The Balaban J connectivity index is 0.0000000977. The molecule has 1 aliphatic carbocycles. The van der Waals surface area contributed by atoms with E-state index in [4.69, 9.17) is 4.74 Å². The molecule has 10 rings (SSSR count). The molecule has 41 heavy (non-hydrogen) atoms. The first-order valence-electron chi connectivity index (χ1n) is 13.8. The van der Waals surface area contributed by atoms with Gasteiger partial charge in [-0.3, -0.25) is 0 Å². The number of thiol groups is 1. The van der Waals surface area contributed by atoms with Crippen molar-refractivity contribution in [2.75, 3.05) is 0 Å². The second kappa shape index (κ2) is 9.92. The van der Waals surface area contributed by atoms with Gasteiger partial charge >= 0.3 is 0 Å². The molecule has 0 spiro atoms. The normalized spacial score (nSPS) is 12.2. The third kappa shape index (κ3) is 4.07. The smallest absolute Gasteiger partial charge is 0.140 e. The Labute approximate surface area is 242 Å². The van der Waals surface area contributed by atoms with Gasteiger partial charge in [0.1, 0.15) is 11.3 Å². The largest absolute Gasteiger partial charge is 0.458 e. The minimum absolute atomic E-state index is 0.999. The molecule has 0 N–H and O–H groups in total. The zero-order valence-corrected chi connectivity index (χ0v) is 23.1. The summed E-state index contributed by atoms with van der Waals surface area (Å²) in [6.07, 6.45) is 0. The van der Waals surface area contributed by atoms with Crippen LogP contribution in [0.2, 0.25) is 0 Å². The lowest BCUT2D eigenvalue weighted by Gasteiger charge is -2.09. The maximum atomic E-state index is 5.16. The third-order valence-corrected chi connectivity index (χ3v) is 8.82.